The summed E-state index contributed by atoms with van der Waals surface area (Å²) in [4.78, 5) is 4.12. The lowest BCUT2D eigenvalue weighted by Crippen LogP contribution is -2.25. The summed E-state index contributed by atoms with van der Waals surface area (Å²) in [6.45, 7) is 6.97. The fraction of sp³-hybridized carbons (Fsp3) is 0.833. The van der Waals surface area contributed by atoms with E-state index in [9.17, 15) is 0 Å². The van der Waals surface area contributed by atoms with Crippen LogP contribution in [0.5, 0.6) is 0 Å². The minimum Gasteiger partial charge on any atom is -0.351 e. The number of anilines is 1. The van der Waals surface area contributed by atoms with Gasteiger partial charge in [-0.05, 0) is 37.0 Å². The van der Waals surface area contributed by atoms with Crippen LogP contribution in [-0.2, 0) is 0 Å². The van der Waals surface area contributed by atoms with Gasteiger partial charge in [0.15, 0.2) is 5.82 Å². The standard InChI is InChI=1S/C12H21N3O/c1-12(2,3)9-6-4-8(5-7-9)10-14-11(13)16-15-10/h8-9H,4-7H2,1-3H3,(H2,13,14,15). The van der Waals surface area contributed by atoms with Crippen LogP contribution in [0.15, 0.2) is 4.52 Å². The molecule has 0 saturated heterocycles. The van der Waals surface area contributed by atoms with E-state index in [1.54, 1.807) is 0 Å². The highest BCUT2D eigenvalue weighted by atomic mass is 16.5. The summed E-state index contributed by atoms with van der Waals surface area (Å²) in [5, 5.41) is 3.92. The van der Waals surface area contributed by atoms with Gasteiger partial charge in [-0.1, -0.05) is 25.9 Å². The Morgan fingerprint density at radius 3 is 2.25 bits per heavy atom. The Morgan fingerprint density at radius 2 is 1.81 bits per heavy atom. The molecule has 1 heterocycles. The van der Waals surface area contributed by atoms with E-state index in [2.05, 4.69) is 30.9 Å². The van der Waals surface area contributed by atoms with Crippen LogP contribution in [0.25, 0.3) is 0 Å². The molecule has 0 aliphatic heterocycles. The number of nitrogen functional groups attached to an aromatic ring is 1. The predicted molar refractivity (Wildman–Crippen MR) is 62.9 cm³/mol. The lowest BCUT2D eigenvalue weighted by Gasteiger charge is -2.36. The monoisotopic (exact) mass is 223 g/mol. The van der Waals surface area contributed by atoms with Gasteiger partial charge in [-0.2, -0.15) is 4.98 Å². The van der Waals surface area contributed by atoms with Crippen molar-refractivity contribution in [3.8, 4) is 0 Å². The molecule has 1 fully saturated rings. The van der Waals surface area contributed by atoms with Gasteiger partial charge in [0, 0.05) is 5.92 Å². The van der Waals surface area contributed by atoms with Crippen molar-refractivity contribution in [1.29, 1.82) is 0 Å². The molecule has 2 rings (SSSR count). The molecule has 0 radical (unpaired) electrons. The summed E-state index contributed by atoms with van der Waals surface area (Å²) in [7, 11) is 0. The van der Waals surface area contributed by atoms with Crippen LogP contribution in [0, 0.1) is 11.3 Å². The van der Waals surface area contributed by atoms with E-state index in [0.29, 0.717) is 11.3 Å². The fourth-order valence-electron chi connectivity index (χ4n) is 2.63. The van der Waals surface area contributed by atoms with E-state index in [4.69, 9.17) is 10.3 Å². The highest BCUT2D eigenvalue weighted by molar-refractivity contribution is 5.10. The number of aromatic nitrogens is 2. The normalized spacial score (nSPS) is 26.9. The van der Waals surface area contributed by atoms with E-state index >= 15 is 0 Å². The Labute approximate surface area is 96.6 Å². The zero-order valence-electron chi connectivity index (χ0n) is 10.4. The van der Waals surface area contributed by atoms with Gasteiger partial charge < -0.3 is 10.3 Å². The minimum atomic E-state index is 0.188. The van der Waals surface area contributed by atoms with Crippen molar-refractivity contribution in [1.82, 2.24) is 10.1 Å². The second-order valence-electron chi connectivity index (χ2n) is 5.91. The van der Waals surface area contributed by atoms with Crippen LogP contribution in [-0.4, -0.2) is 10.1 Å². The average molecular weight is 223 g/mol. The summed E-state index contributed by atoms with van der Waals surface area (Å²) in [6, 6.07) is 0.188. The van der Waals surface area contributed by atoms with Crippen molar-refractivity contribution in [2.75, 3.05) is 5.73 Å². The summed E-state index contributed by atoms with van der Waals surface area (Å²) < 4.78 is 4.83. The van der Waals surface area contributed by atoms with Gasteiger partial charge in [0.25, 0.3) is 0 Å². The third-order valence-corrected chi connectivity index (χ3v) is 3.77. The molecular weight excluding hydrogens is 202 g/mol. The van der Waals surface area contributed by atoms with Crippen LogP contribution in [0.3, 0.4) is 0 Å². The Balaban J connectivity index is 1.95. The van der Waals surface area contributed by atoms with Crippen LogP contribution >= 0.6 is 0 Å². The van der Waals surface area contributed by atoms with Crippen LogP contribution in [0.4, 0.5) is 6.01 Å². The molecule has 1 aliphatic carbocycles. The van der Waals surface area contributed by atoms with E-state index in [0.717, 1.165) is 24.6 Å². The second kappa shape index (κ2) is 4.07. The second-order valence-corrected chi connectivity index (χ2v) is 5.91. The van der Waals surface area contributed by atoms with Gasteiger partial charge in [0.05, 0.1) is 0 Å². The molecule has 0 aromatic carbocycles. The maximum atomic E-state index is 5.44. The van der Waals surface area contributed by atoms with Crippen molar-refractivity contribution in [3.05, 3.63) is 5.82 Å². The van der Waals surface area contributed by atoms with Crippen molar-refractivity contribution in [2.24, 2.45) is 11.3 Å². The lowest BCUT2D eigenvalue weighted by atomic mass is 9.70. The number of hydrogen-bond acceptors (Lipinski definition) is 4. The third kappa shape index (κ3) is 2.36. The Morgan fingerprint density at radius 1 is 1.19 bits per heavy atom. The quantitative estimate of drug-likeness (QED) is 0.795. The van der Waals surface area contributed by atoms with E-state index < -0.39 is 0 Å². The molecule has 4 heteroatoms. The SMILES string of the molecule is CC(C)(C)C1CCC(c2noc(N)n2)CC1. The maximum Gasteiger partial charge on any atom is 0.318 e. The van der Waals surface area contributed by atoms with Crippen LogP contribution < -0.4 is 5.73 Å². The average Bonchev–Trinajstić information content (AvgIpc) is 2.64. The van der Waals surface area contributed by atoms with Gasteiger partial charge >= 0.3 is 6.01 Å². The smallest absolute Gasteiger partial charge is 0.318 e. The molecule has 90 valence electrons. The highest BCUT2D eigenvalue weighted by Crippen LogP contribution is 2.42. The highest BCUT2D eigenvalue weighted by Gasteiger charge is 2.31. The molecule has 0 amide bonds. The molecule has 0 atom stereocenters. The molecule has 1 saturated carbocycles. The number of nitrogens with zero attached hydrogens (tertiary/aromatic N) is 2. The molecule has 2 N–H and O–H groups in total. The van der Waals surface area contributed by atoms with Gasteiger partial charge in [-0.3, -0.25) is 0 Å². The maximum absolute atomic E-state index is 5.44. The Bertz CT molecular complexity index is 345. The molecule has 4 nitrogen and oxygen atoms in total. The Hall–Kier alpha value is -1.06. The molecule has 1 aromatic heterocycles. The molecule has 16 heavy (non-hydrogen) atoms. The zero-order valence-corrected chi connectivity index (χ0v) is 10.4. The number of nitrogens with two attached hydrogens (primary N) is 1. The molecule has 1 aliphatic rings. The van der Waals surface area contributed by atoms with Crippen molar-refractivity contribution in [3.63, 3.8) is 0 Å². The minimum absolute atomic E-state index is 0.188. The topological polar surface area (TPSA) is 64.9 Å². The fourth-order valence-corrected chi connectivity index (χ4v) is 2.63. The first-order valence-electron chi connectivity index (χ1n) is 6.06. The number of rotatable bonds is 1. The Kier molecular flexibility index (Phi) is 2.91. The number of hydrogen-bond donors (Lipinski definition) is 1. The zero-order chi connectivity index (χ0) is 11.8. The molecule has 0 unspecified atom stereocenters. The van der Waals surface area contributed by atoms with E-state index in [1.807, 2.05) is 0 Å². The van der Waals surface area contributed by atoms with E-state index in [-0.39, 0.29) is 6.01 Å². The summed E-state index contributed by atoms with van der Waals surface area (Å²) in [6.07, 6.45) is 4.81. The molecular formula is C12H21N3O. The summed E-state index contributed by atoms with van der Waals surface area (Å²) in [5.74, 6) is 2.05. The largest absolute Gasteiger partial charge is 0.351 e. The molecule has 0 spiro atoms. The van der Waals surface area contributed by atoms with E-state index in [1.165, 1.54) is 12.8 Å². The first-order chi connectivity index (χ1) is 7.47. The molecule has 1 aromatic rings. The van der Waals surface area contributed by atoms with Gasteiger partial charge in [-0.15, -0.1) is 0 Å². The predicted octanol–water partition coefficient (Wildman–Crippen LogP) is 2.97. The van der Waals surface area contributed by atoms with Crippen molar-refractivity contribution in [2.45, 2.75) is 52.4 Å². The first-order valence-corrected chi connectivity index (χ1v) is 6.06. The first kappa shape index (κ1) is 11.4. The van der Waals surface area contributed by atoms with Gasteiger partial charge in [0.1, 0.15) is 0 Å². The van der Waals surface area contributed by atoms with Gasteiger partial charge in [0.2, 0.25) is 0 Å². The van der Waals surface area contributed by atoms with Crippen LogP contribution in [0.1, 0.15) is 58.2 Å². The summed E-state index contributed by atoms with van der Waals surface area (Å²) >= 11 is 0. The molecule has 0 bridgehead atoms. The lowest BCUT2D eigenvalue weighted by molar-refractivity contribution is 0.166. The van der Waals surface area contributed by atoms with Crippen molar-refractivity contribution < 1.29 is 4.52 Å². The van der Waals surface area contributed by atoms with Crippen LogP contribution in [0.2, 0.25) is 0 Å². The van der Waals surface area contributed by atoms with Gasteiger partial charge in [-0.25, -0.2) is 0 Å². The summed E-state index contributed by atoms with van der Waals surface area (Å²) in [5.41, 5.74) is 5.86. The van der Waals surface area contributed by atoms with Crippen molar-refractivity contribution >= 4 is 6.01 Å². The third-order valence-electron chi connectivity index (χ3n) is 3.77.